The van der Waals surface area contributed by atoms with Crippen molar-refractivity contribution < 1.29 is 19.1 Å². The van der Waals surface area contributed by atoms with Crippen molar-refractivity contribution in [2.75, 3.05) is 30.4 Å². The average molecular weight is 368 g/mol. The number of hydrogen-bond donors (Lipinski definition) is 2. The third-order valence-corrected chi connectivity index (χ3v) is 3.53. The highest BCUT2D eigenvalue weighted by atomic mass is 16.5. The highest BCUT2D eigenvalue weighted by Crippen LogP contribution is 2.23. The molecule has 2 N–H and O–H groups in total. The van der Waals surface area contributed by atoms with E-state index < -0.39 is 0 Å². The Labute approximate surface area is 159 Å². The summed E-state index contributed by atoms with van der Waals surface area (Å²) in [5.41, 5.74) is 1.81. The molecule has 0 heterocycles. The van der Waals surface area contributed by atoms with Crippen LogP contribution in [0.5, 0.6) is 5.75 Å². The topological polar surface area (TPSA) is 76.7 Å². The maximum atomic E-state index is 12.2. The standard InChI is InChI=1S/C21H24N2O4/c1-3-13-26-19-8-6-5-7-18(19)23-20(24)15-22-17-11-9-16(10-12-17)21(25)27-14-4-2/h3,5-12,22H,1,4,13-15H2,2H3,(H,23,24). The molecule has 0 unspecified atom stereocenters. The molecule has 0 aromatic heterocycles. The zero-order chi connectivity index (χ0) is 19.5. The van der Waals surface area contributed by atoms with Gasteiger partial charge in [-0.3, -0.25) is 4.79 Å². The van der Waals surface area contributed by atoms with Crippen LogP contribution in [0.25, 0.3) is 0 Å². The van der Waals surface area contributed by atoms with Crippen molar-refractivity contribution in [2.24, 2.45) is 0 Å². The van der Waals surface area contributed by atoms with Crippen LogP contribution in [0.15, 0.2) is 61.2 Å². The third kappa shape index (κ3) is 6.51. The third-order valence-electron chi connectivity index (χ3n) is 3.53. The number of para-hydroxylation sites is 2. The second-order valence-corrected chi connectivity index (χ2v) is 5.71. The van der Waals surface area contributed by atoms with E-state index >= 15 is 0 Å². The SMILES string of the molecule is C=CCOc1ccccc1NC(=O)CNc1ccc(C(=O)OCCC)cc1. The molecule has 0 aliphatic carbocycles. The molecule has 6 nitrogen and oxygen atoms in total. The lowest BCUT2D eigenvalue weighted by atomic mass is 10.2. The summed E-state index contributed by atoms with van der Waals surface area (Å²) in [6, 6.07) is 14.0. The summed E-state index contributed by atoms with van der Waals surface area (Å²) >= 11 is 0. The molecule has 0 bridgehead atoms. The molecule has 0 aliphatic heterocycles. The fourth-order valence-corrected chi connectivity index (χ4v) is 2.22. The zero-order valence-electron chi connectivity index (χ0n) is 15.4. The quantitative estimate of drug-likeness (QED) is 0.492. The molecule has 2 aromatic rings. The zero-order valence-corrected chi connectivity index (χ0v) is 15.4. The first-order valence-electron chi connectivity index (χ1n) is 8.77. The van der Waals surface area contributed by atoms with Crippen LogP contribution in [0.3, 0.4) is 0 Å². The molecule has 1 amide bonds. The molecule has 2 rings (SSSR count). The summed E-state index contributed by atoms with van der Waals surface area (Å²) in [6.45, 7) is 6.39. The van der Waals surface area contributed by atoms with E-state index in [0.717, 1.165) is 12.1 Å². The van der Waals surface area contributed by atoms with Gasteiger partial charge in [0.25, 0.3) is 0 Å². The molecule has 27 heavy (non-hydrogen) atoms. The number of rotatable bonds is 10. The summed E-state index contributed by atoms with van der Waals surface area (Å²) in [7, 11) is 0. The van der Waals surface area contributed by atoms with Crippen LogP contribution in [-0.4, -0.2) is 31.6 Å². The van der Waals surface area contributed by atoms with Crippen molar-refractivity contribution in [3.05, 3.63) is 66.7 Å². The number of carbonyl (C=O) groups excluding carboxylic acids is 2. The fraction of sp³-hybridized carbons (Fsp3) is 0.238. The van der Waals surface area contributed by atoms with Gasteiger partial charge in [-0.1, -0.05) is 31.7 Å². The van der Waals surface area contributed by atoms with E-state index in [-0.39, 0.29) is 18.4 Å². The molecule has 0 saturated carbocycles. The van der Waals surface area contributed by atoms with Crippen LogP contribution >= 0.6 is 0 Å². The summed E-state index contributed by atoms with van der Waals surface area (Å²) in [5, 5.41) is 5.82. The van der Waals surface area contributed by atoms with Crippen molar-refractivity contribution in [3.63, 3.8) is 0 Å². The molecule has 6 heteroatoms. The number of esters is 1. The summed E-state index contributed by atoms with van der Waals surface area (Å²) < 4.78 is 10.6. The largest absolute Gasteiger partial charge is 0.487 e. The smallest absolute Gasteiger partial charge is 0.338 e. The van der Waals surface area contributed by atoms with Crippen molar-refractivity contribution in [2.45, 2.75) is 13.3 Å². The molecule has 0 spiro atoms. The minimum atomic E-state index is -0.350. The van der Waals surface area contributed by atoms with Crippen LogP contribution in [0, 0.1) is 0 Å². The van der Waals surface area contributed by atoms with Crippen molar-refractivity contribution in [1.82, 2.24) is 0 Å². The van der Waals surface area contributed by atoms with E-state index in [1.54, 1.807) is 42.5 Å². The number of nitrogens with one attached hydrogen (secondary N) is 2. The molecular weight excluding hydrogens is 344 g/mol. The molecule has 0 saturated heterocycles. The van der Waals surface area contributed by atoms with Gasteiger partial charge in [-0.15, -0.1) is 0 Å². The van der Waals surface area contributed by atoms with Crippen LogP contribution in [0.4, 0.5) is 11.4 Å². The predicted molar refractivity (Wildman–Crippen MR) is 106 cm³/mol. The van der Waals surface area contributed by atoms with E-state index in [0.29, 0.717) is 30.2 Å². The molecular formula is C21H24N2O4. The van der Waals surface area contributed by atoms with Crippen LogP contribution < -0.4 is 15.4 Å². The Morgan fingerprint density at radius 2 is 1.85 bits per heavy atom. The van der Waals surface area contributed by atoms with E-state index in [9.17, 15) is 9.59 Å². The van der Waals surface area contributed by atoms with Crippen molar-refractivity contribution in [3.8, 4) is 5.75 Å². The van der Waals surface area contributed by atoms with Crippen LogP contribution in [0.2, 0.25) is 0 Å². The molecule has 0 radical (unpaired) electrons. The first-order chi connectivity index (χ1) is 13.1. The average Bonchev–Trinajstić information content (AvgIpc) is 2.70. The first-order valence-corrected chi connectivity index (χ1v) is 8.77. The Hall–Kier alpha value is -3.28. The molecule has 0 atom stereocenters. The van der Waals surface area contributed by atoms with E-state index in [2.05, 4.69) is 17.2 Å². The summed E-state index contributed by atoms with van der Waals surface area (Å²) in [4.78, 5) is 23.9. The Bertz CT molecular complexity index is 772. The predicted octanol–water partition coefficient (Wildman–Crippen LogP) is 3.87. The summed E-state index contributed by atoms with van der Waals surface area (Å²) in [5.74, 6) is 0.0223. The Morgan fingerprint density at radius 3 is 2.56 bits per heavy atom. The minimum absolute atomic E-state index is 0.0788. The van der Waals surface area contributed by atoms with Gasteiger partial charge in [0.2, 0.25) is 5.91 Å². The lowest BCUT2D eigenvalue weighted by molar-refractivity contribution is -0.114. The number of ether oxygens (including phenoxy) is 2. The highest BCUT2D eigenvalue weighted by Gasteiger charge is 2.09. The van der Waals surface area contributed by atoms with Gasteiger partial charge in [-0.05, 0) is 42.8 Å². The summed E-state index contributed by atoms with van der Waals surface area (Å²) in [6.07, 6.45) is 2.42. The van der Waals surface area contributed by atoms with Gasteiger partial charge in [0.15, 0.2) is 0 Å². The molecule has 2 aromatic carbocycles. The Balaban J connectivity index is 1.87. The van der Waals surface area contributed by atoms with Gasteiger partial charge in [-0.2, -0.15) is 0 Å². The van der Waals surface area contributed by atoms with Gasteiger partial charge in [0.1, 0.15) is 12.4 Å². The Morgan fingerprint density at radius 1 is 1.11 bits per heavy atom. The molecule has 0 fully saturated rings. The maximum Gasteiger partial charge on any atom is 0.338 e. The number of amides is 1. The van der Waals surface area contributed by atoms with Crippen LogP contribution in [0.1, 0.15) is 23.7 Å². The lowest BCUT2D eigenvalue weighted by Crippen LogP contribution is -2.22. The normalized spacial score (nSPS) is 9.96. The lowest BCUT2D eigenvalue weighted by Gasteiger charge is -2.12. The molecule has 0 aliphatic rings. The maximum absolute atomic E-state index is 12.2. The van der Waals surface area contributed by atoms with Gasteiger partial charge in [-0.25, -0.2) is 4.79 Å². The second-order valence-electron chi connectivity index (χ2n) is 5.71. The number of benzene rings is 2. The molecule has 142 valence electrons. The highest BCUT2D eigenvalue weighted by molar-refractivity contribution is 5.95. The van der Waals surface area contributed by atoms with Gasteiger partial charge < -0.3 is 20.1 Å². The number of anilines is 2. The van der Waals surface area contributed by atoms with Crippen molar-refractivity contribution >= 4 is 23.3 Å². The van der Waals surface area contributed by atoms with Gasteiger partial charge in [0, 0.05) is 5.69 Å². The Kier molecular flexibility index (Phi) is 7.91. The van der Waals surface area contributed by atoms with E-state index in [4.69, 9.17) is 9.47 Å². The second kappa shape index (κ2) is 10.7. The van der Waals surface area contributed by atoms with Crippen LogP contribution in [-0.2, 0) is 9.53 Å². The van der Waals surface area contributed by atoms with Gasteiger partial charge >= 0.3 is 5.97 Å². The minimum Gasteiger partial charge on any atom is -0.487 e. The van der Waals surface area contributed by atoms with Crippen molar-refractivity contribution in [1.29, 1.82) is 0 Å². The number of hydrogen-bond acceptors (Lipinski definition) is 5. The number of carbonyl (C=O) groups is 2. The monoisotopic (exact) mass is 368 g/mol. The van der Waals surface area contributed by atoms with E-state index in [1.807, 2.05) is 19.1 Å². The fourth-order valence-electron chi connectivity index (χ4n) is 2.22. The van der Waals surface area contributed by atoms with Gasteiger partial charge in [0.05, 0.1) is 24.4 Å². The van der Waals surface area contributed by atoms with E-state index in [1.165, 1.54) is 0 Å². The first kappa shape index (κ1) is 20.0.